The van der Waals surface area contributed by atoms with Crippen LogP contribution in [0.4, 0.5) is 10.5 Å². The van der Waals surface area contributed by atoms with E-state index in [-0.39, 0.29) is 28.0 Å². The standard InChI is InChI=1S/C19H14N2O4S2/c22-16(20-14-9-5-4-8-13(14)18(23)24)11-21-17(26)15(27-19(21)25)10-12-6-2-1-3-7-12/h1-10H,11H2,(H,20,22)(H,23,24). The SMILES string of the molecule is O=C(CN1C(=O)SC(=Cc2ccccc2)C1=S)Nc1ccccc1C(=O)O. The second-order valence-electron chi connectivity index (χ2n) is 5.58. The average molecular weight is 398 g/mol. The molecule has 0 unspecified atom stereocenters. The number of thioether (sulfide) groups is 1. The van der Waals surface area contributed by atoms with Gasteiger partial charge in [0.2, 0.25) is 5.91 Å². The molecular weight excluding hydrogens is 384 g/mol. The van der Waals surface area contributed by atoms with E-state index in [0.29, 0.717) is 4.91 Å². The molecule has 27 heavy (non-hydrogen) atoms. The van der Waals surface area contributed by atoms with Crippen molar-refractivity contribution in [2.45, 2.75) is 0 Å². The lowest BCUT2D eigenvalue weighted by Gasteiger charge is -2.15. The van der Waals surface area contributed by atoms with Crippen molar-refractivity contribution in [2.75, 3.05) is 11.9 Å². The van der Waals surface area contributed by atoms with E-state index in [2.05, 4.69) is 5.32 Å². The minimum atomic E-state index is -1.15. The number of carboxylic acids is 1. The van der Waals surface area contributed by atoms with Gasteiger partial charge < -0.3 is 10.4 Å². The zero-order valence-corrected chi connectivity index (χ0v) is 15.5. The van der Waals surface area contributed by atoms with Gasteiger partial charge in [-0.15, -0.1) is 0 Å². The van der Waals surface area contributed by atoms with Gasteiger partial charge in [0, 0.05) is 0 Å². The van der Waals surface area contributed by atoms with Crippen molar-refractivity contribution < 1.29 is 19.5 Å². The summed E-state index contributed by atoms with van der Waals surface area (Å²) in [5, 5.41) is 11.4. The van der Waals surface area contributed by atoms with Gasteiger partial charge in [0.05, 0.1) is 16.2 Å². The highest BCUT2D eigenvalue weighted by Crippen LogP contribution is 2.33. The van der Waals surface area contributed by atoms with Crippen LogP contribution >= 0.6 is 24.0 Å². The molecule has 0 atom stereocenters. The monoisotopic (exact) mass is 398 g/mol. The molecule has 1 aliphatic rings. The summed E-state index contributed by atoms with van der Waals surface area (Å²) < 4.78 is 0. The third-order valence-electron chi connectivity index (χ3n) is 3.70. The van der Waals surface area contributed by atoms with E-state index in [1.54, 1.807) is 18.2 Å². The Balaban J connectivity index is 1.71. The number of aromatic carboxylic acids is 1. The normalized spacial score (nSPS) is 15.3. The van der Waals surface area contributed by atoms with Crippen LogP contribution in [0.3, 0.4) is 0 Å². The molecular formula is C19H14N2O4S2. The van der Waals surface area contributed by atoms with Gasteiger partial charge in [-0.1, -0.05) is 54.7 Å². The fraction of sp³-hybridized carbons (Fsp3) is 0.0526. The van der Waals surface area contributed by atoms with Crippen LogP contribution in [0.1, 0.15) is 15.9 Å². The number of thiocarbonyl (C=S) groups is 1. The first-order valence-electron chi connectivity index (χ1n) is 7.88. The van der Waals surface area contributed by atoms with E-state index >= 15 is 0 Å². The Morgan fingerprint density at radius 1 is 1.11 bits per heavy atom. The second-order valence-corrected chi connectivity index (χ2v) is 6.96. The molecule has 1 saturated heterocycles. The molecule has 8 heteroatoms. The van der Waals surface area contributed by atoms with Crippen LogP contribution in [-0.2, 0) is 4.79 Å². The third kappa shape index (κ3) is 4.42. The number of amides is 2. The van der Waals surface area contributed by atoms with Crippen LogP contribution in [0.15, 0.2) is 59.5 Å². The lowest BCUT2D eigenvalue weighted by Crippen LogP contribution is -2.35. The Labute approximate surface area is 164 Å². The Hall–Kier alpha value is -2.97. The number of anilines is 1. The van der Waals surface area contributed by atoms with Gasteiger partial charge in [0.1, 0.15) is 11.5 Å². The number of para-hydroxylation sites is 1. The zero-order chi connectivity index (χ0) is 19.4. The van der Waals surface area contributed by atoms with Crippen molar-refractivity contribution >= 4 is 57.8 Å². The first kappa shape index (κ1) is 18.8. The summed E-state index contributed by atoms with van der Waals surface area (Å²) in [7, 11) is 0. The fourth-order valence-electron chi connectivity index (χ4n) is 2.45. The maximum Gasteiger partial charge on any atom is 0.337 e. The topological polar surface area (TPSA) is 86.7 Å². The zero-order valence-electron chi connectivity index (χ0n) is 13.9. The van der Waals surface area contributed by atoms with Crippen molar-refractivity contribution in [1.82, 2.24) is 4.90 Å². The molecule has 2 aromatic carbocycles. The lowest BCUT2D eigenvalue weighted by molar-refractivity contribution is -0.116. The maximum absolute atomic E-state index is 12.3. The molecule has 1 aliphatic heterocycles. The summed E-state index contributed by atoms with van der Waals surface area (Å²) in [6.45, 7) is -0.287. The molecule has 136 valence electrons. The van der Waals surface area contributed by atoms with Gasteiger partial charge in [0.25, 0.3) is 5.24 Å². The van der Waals surface area contributed by atoms with E-state index in [1.807, 2.05) is 30.3 Å². The highest BCUT2D eigenvalue weighted by molar-refractivity contribution is 8.19. The second kappa shape index (κ2) is 8.15. The number of carbonyl (C=O) groups is 3. The Morgan fingerprint density at radius 2 is 1.78 bits per heavy atom. The molecule has 0 saturated carbocycles. The van der Waals surface area contributed by atoms with Crippen molar-refractivity contribution in [3.05, 3.63) is 70.6 Å². The van der Waals surface area contributed by atoms with Crippen LogP contribution in [0, 0.1) is 0 Å². The van der Waals surface area contributed by atoms with Crippen LogP contribution < -0.4 is 5.32 Å². The van der Waals surface area contributed by atoms with Crippen LogP contribution in [0.2, 0.25) is 0 Å². The van der Waals surface area contributed by atoms with Crippen molar-refractivity contribution in [3.63, 3.8) is 0 Å². The molecule has 2 amide bonds. The largest absolute Gasteiger partial charge is 0.478 e. The average Bonchev–Trinajstić information content (AvgIpc) is 2.90. The predicted octanol–water partition coefficient (Wildman–Crippen LogP) is 3.86. The number of nitrogens with zero attached hydrogens (tertiary/aromatic N) is 1. The summed E-state index contributed by atoms with van der Waals surface area (Å²) in [6, 6.07) is 15.5. The van der Waals surface area contributed by atoms with Gasteiger partial charge in [-0.05, 0) is 35.5 Å². The van der Waals surface area contributed by atoms with Crippen LogP contribution in [-0.4, -0.2) is 38.7 Å². The van der Waals surface area contributed by atoms with Gasteiger partial charge in [-0.2, -0.15) is 0 Å². The highest BCUT2D eigenvalue weighted by atomic mass is 32.2. The number of hydrogen-bond acceptors (Lipinski definition) is 5. The van der Waals surface area contributed by atoms with Crippen LogP contribution in [0.5, 0.6) is 0 Å². The summed E-state index contributed by atoms with van der Waals surface area (Å²) in [5.74, 6) is -1.68. The van der Waals surface area contributed by atoms with E-state index in [4.69, 9.17) is 12.2 Å². The Morgan fingerprint density at radius 3 is 2.48 bits per heavy atom. The fourth-order valence-corrected chi connectivity index (χ4v) is 3.68. The number of benzene rings is 2. The minimum absolute atomic E-state index is 0.0276. The molecule has 3 rings (SSSR count). The summed E-state index contributed by atoms with van der Waals surface area (Å²) in [6.07, 6.45) is 1.79. The smallest absolute Gasteiger partial charge is 0.337 e. The van der Waals surface area contributed by atoms with Gasteiger partial charge in [-0.25, -0.2) is 4.79 Å². The summed E-state index contributed by atoms with van der Waals surface area (Å²) in [4.78, 5) is 37.8. The van der Waals surface area contributed by atoms with Gasteiger partial charge in [0.15, 0.2) is 0 Å². The van der Waals surface area contributed by atoms with Gasteiger partial charge in [-0.3, -0.25) is 14.5 Å². The molecule has 2 N–H and O–H groups in total. The summed E-state index contributed by atoms with van der Waals surface area (Å²) >= 11 is 6.30. The molecule has 0 aliphatic carbocycles. The number of hydrogen-bond donors (Lipinski definition) is 2. The molecule has 0 aromatic heterocycles. The first-order valence-corrected chi connectivity index (χ1v) is 9.11. The van der Waals surface area contributed by atoms with E-state index in [1.165, 1.54) is 17.0 Å². The third-order valence-corrected chi connectivity index (χ3v) is 5.20. The molecule has 1 heterocycles. The van der Waals surface area contributed by atoms with E-state index in [9.17, 15) is 19.5 Å². The van der Waals surface area contributed by atoms with E-state index in [0.717, 1.165) is 17.3 Å². The highest BCUT2D eigenvalue weighted by Gasteiger charge is 2.33. The van der Waals surface area contributed by atoms with Gasteiger partial charge >= 0.3 is 5.97 Å². The number of nitrogens with one attached hydrogen (secondary N) is 1. The van der Waals surface area contributed by atoms with Crippen molar-refractivity contribution in [3.8, 4) is 0 Å². The minimum Gasteiger partial charge on any atom is -0.478 e. The Kier molecular flexibility index (Phi) is 5.68. The summed E-state index contributed by atoms with van der Waals surface area (Å²) in [5.41, 5.74) is 1.04. The quantitative estimate of drug-likeness (QED) is 0.587. The predicted molar refractivity (Wildman–Crippen MR) is 109 cm³/mol. The maximum atomic E-state index is 12.3. The van der Waals surface area contributed by atoms with Crippen LogP contribution in [0.25, 0.3) is 6.08 Å². The molecule has 6 nitrogen and oxygen atoms in total. The lowest BCUT2D eigenvalue weighted by atomic mass is 10.2. The molecule has 0 spiro atoms. The molecule has 1 fully saturated rings. The first-order chi connectivity index (χ1) is 13.0. The molecule has 0 radical (unpaired) electrons. The molecule has 2 aromatic rings. The number of carboxylic acid groups (broad SMARTS) is 1. The van der Waals surface area contributed by atoms with Crippen molar-refractivity contribution in [1.29, 1.82) is 0 Å². The number of rotatable bonds is 5. The van der Waals surface area contributed by atoms with E-state index < -0.39 is 11.9 Å². The van der Waals surface area contributed by atoms with Crippen molar-refractivity contribution in [2.24, 2.45) is 0 Å². The number of carbonyl (C=O) groups excluding carboxylic acids is 2. The Bertz CT molecular complexity index is 957. The molecule has 0 bridgehead atoms.